The number of aliphatic hydroxyl groups excluding tert-OH is 1. The van der Waals surface area contributed by atoms with Gasteiger partial charge in [-0.25, -0.2) is 4.39 Å². The third kappa shape index (κ3) is 13.1. The number of methoxy groups -OCH3 is 1. The van der Waals surface area contributed by atoms with Crippen LogP contribution in [-0.4, -0.2) is 86.1 Å². The molecule has 1 heterocycles. The summed E-state index contributed by atoms with van der Waals surface area (Å²) in [5, 5.41) is 22.1. The summed E-state index contributed by atoms with van der Waals surface area (Å²) in [6.45, 7) is 16.8. The number of nitrogens with one attached hydrogen (secondary N) is 1. The summed E-state index contributed by atoms with van der Waals surface area (Å²) in [5.41, 5.74) is 3.56. The van der Waals surface area contributed by atoms with E-state index in [0.29, 0.717) is 28.0 Å². The Kier molecular flexibility index (Phi) is 18.7. The fraction of sp³-hybridized carbons (Fsp3) is 0.389. The zero-order valence-electron chi connectivity index (χ0n) is 28.1. The molecule has 1 unspecified atom stereocenters. The van der Waals surface area contributed by atoms with Crippen LogP contribution in [-0.2, 0) is 11.2 Å². The number of piperazine rings is 1. The Bertz CT molecular complexity index is 1360. The Morgan fingerprint density at radius 3 is 2.17 bits per heavy atom. The number of aliphatic hydroxyl groups is 1. The number of amides is 2. The molecule has 0 aromatic heterocycles. The van der Waals surface area contributed by atoms with Crippen LogP contribution in [0.5, 0.6) is 11.5 Å². The number of benzene rings is 3. The normalized spacial score (nSPS) is 12.9. The largest absolute Gasteiger partial charge is 0.508 e. The van der Waals surface area contributed by atoms with Crippen molar-refractivity contribution in [1.82, 2.24) is 15.1 Å². The predicted molar refractivity (Wildman–Crippen MR) is 184 cm³/mol. The van der Waals surface area contributed by atoms with Crippen molar-refractivity contribution in [3.05, 3.63) is 107 Å². The molecular weight excluding hydrogens is 584 g/mol. The number of phenols is 1. The van der Waals surface area contributed by atoms with Gasteiger partial charge in [-0.2, -0.15) is 0 Å². The summed E-state index contributed by atoms with van der Waals surface area (Å²) in [6.07, 6.45) is 1.41. The molecule has 1 saturated heterocycles. The van der Waals surface area contributed by atoms with Crippen LogP contribution in [0.4, 0.5) is 4.39 Å². The number of carbonyl (C=O) groups is 2. The minimum atomic E-state index is -0.799. The lowest BCUT2D eigenvalue weighted by Gasteiger charge is -2.34. The van der Waals surface area contributed by atoms with Crippen molar-refractivity contribution in [3.63, 3.8) is 0 Å². The molecule has 3 aromatic rings. The van der Waals surface area contributed by atoms with Gasteiger partial charge >= 0.3 is 0 Å². The minimum Gasteiger partial charge on any atom is -0.508 e. The van der Waals surface area contributed by atoms with Gasteiger partial charge in [0, 0.05) is 44.8 Å². The molecule has 8 nitrogen and oxygen atoms in total. The first-order valence-corrected chi connectivity index (χ1v) is 15.5. The molecule has 2 radical (unpaired) electrons. The van der Waals surface area contributed by atoms with Crippen LogP contribution in [0.2, 0.25) is 6.82 Å². The first-order chi connectivity index (χ1) is 22.1. The molecule has 0 saturated carbocycles. The average molecular weight is 634 g/mol. The van der Waals surface area contributed by atoms with Gasteiger partial charge in [-0.05, 0) is 85.0 Å². The maximum Gasteiger partial charge on any atom is 0.251 e. The van der Waals surface area contributed by atoms with Gasteiger partial charge in [0.15, 0.2) is 0 Å². The van der Waals surface area contributed by atoms with Gasteiger partial charge in [0.2, 0.25) is 5.91 Å². The summed E-state index contributed by atoms with van der Waals surface area (Å²) in [7, 11) is 6.08. The Morgan fingerprint density at radius 2 is 1.63 bits per heavy atom. The fourth-order valence-electron chi connectivity index (χ4n) is 4.53. The molecule has 1 aliphatic heterocycles. The topological polar surface area (TPSA) is 102 Å². The lowest BCUT2D eigenvalue weighted by molar-refractivity contribution is -0.127. The van der Waals surface area contributed by atoms with E-state index in [1.54, 1.807) is 57.4 Å². The van der Waals surface area contributed by atoms with Gasteiger partial charge < -0.3 is 25.2 Å². The van der Waals surface area contributed by atoms with E-state index < -0.39 is 6.10 Å². The van der Waals surface area contributed by atoms with Crippen molar-refractivity contribution in [3.8, 4) is 11.5 Å². The number of aromatic hydroxyl groups is 1. The zero-order chi connectivity index (χ0) is 34.6. The Hall–Kier alpha value is -4.15. The van der Waals surface area contributed by atoms with E-state index in [-0.39, 0.29) is 29.9 Å². The molecule has 1 fully saturated rings. The van der Waals surface area contributed by atoms with Gasteiger partial charge in [-0.1, -0.05) is 51.5 Å². The zero-order valence-corrected chi connectivity index (χ0v) is 28.1. The number of hydrogen-bond acceptors (Lipinski definition) is 6. The summed E-state index contributed by atoms with van der Waals surface area (Å²) < 4.78 is 18.5. The van der Waals surface area contributed by atoms with Crippen molar-refractivity contribution in [1.29, 1.82) is 0 Å². The van der Waals surface area contributed by atoms with Crippen molar-refractivity contribution in [2.75, 3.05) is 46.4 Å². The van der Waals surface area contributed by atoms with Gasteiger partial charge in [-0.3, -0.25) is 14.5 Å². The molecule has 0 spiro atoms. The highest BCUT2D eigenvalue weighted by atomic mass is 19.1. The van der Waals surface area contributed by atoms with Crippen molar-refractivity contribution in [2.45, 2.75) is 47.0 Å². The fourth-order valence-corrected chi connectivity index (χ4v) is 4.53. The summed E-state index contributed by atoms with van der Waals surface area (Å²) in [4.78, 5) is 27.7. The maximum atomic E-state index is 13.5. The summed E-state index contributed by atoms with van der Waals surface area (Å²) >= 11 is 0. The number of phenolic OH excluding ortho intramolecular Hbond substituents is 1. The summed E-state index contributed by atoms with van der Waals surface area (Å²) in [5.74, 6) is 0.409. The second-order valence-electron chi connectivity index (χ2n) is 10.2. The highest BCUT2D eigenvalue weighted by Crippen LogP contribution is 2.18. The highest BCUT2D eigenvalue weighted by Gasteiger charge is 2.19. The summed E-state index contributed by atoms with van der Waals surface area (Å²) in [6, 6.07) is 17.0. The number of halogens is 1. The van der Waals surface area contributed by atoms with Crippen LogP contribution in [0, 0.1) is 19.7 Å². The van der Waals surface area contributed by atoms with Crippen molar-refractivity contribution < 1.29 is 28.9 Å². The van der Waals surface area contributed by atoms with Crippen LogP contribution >= 0.6 is 0 Å². The second kappa shape index (κ2) is 21.6. The smallest absolute Gasteiger partial charge is 0.251 e. The van der Waals surface area contributed by atoms with Crippen LogP contribution < -0.4 is 10.1 Å². The molecule has 0 bridgehead atoms. The van der Waals surface area contributed by atoms with Gasteiger partial charge in [0.25, 0.3) is 5.91 Å². The maximum absolute atomic E-state index is 13.5. The van der Waals surface area contributed by atoms with Crippen LogP contribution in [0.25, 0.3) is 0 Å². The number of rotatable bonds is 9. The molecule has 1 atom stereocenters. The lowest BCUT2D eigenvalue weighted by Crippen LogP contribution is -2.48. The minimum absolute atomic E-state index is 0.00487. The van der Waals surface area contributed by atoms with Crippen LogP contribution in [0.3, 0.4) is 0 Å². The van der Waals surface area contributed by atoms with E-state index in [9.17, 15) is 24.2 Å². The van der Waals surface area contributed by atoms with E-state index in [1.165, 1.54) is 25.0 Å². The molecule has 4 rings (SSSR count). The molecular formula is C36H49BFN3O5. The van der Waals surface area contributed by atoms with Crippen LogP contribution in [0.1, 0.15) is 52.6 Å². The Balaban J connectivity index is 0.000000417. The first kappa shape index (κ1) is 39.9. The van der Waals surface area contributed by atoms with Crippen molar-refractivity contribution >= 4 is 19.7 Å². The van der Waals surface area contributed by atoms with Gasteiger partial charge in [0.1, 0.15) is 17.3 Å². The molecule has 10 heteroatoms. The van der Waals surface area contributed by atoms with Gasteiger partial charge in [-0.15, -0.1) is 0 Å². The van der Waals surface area contributed by atoms with E-state index in [1.807, 2.05) is 30.9 Å². The number of ether oxygens (including phenoxy) is 1. The van der Waals surface area contributed by atoms with Crippen molar-refractivity contribution in [2.24, 2.45) is 0 Å². The average Bonchev–Trinajstić information content (AvgIpc) is 3.09. The standard InChI is InChI=1S/C17H19NO4.C16H21FN2O.C2H6.CH3B/c1-11-9-13(19)5-8-15(11)17(21)18-10-16(20)12-3-6-14(22-2)7-4-12;1-3-16(20)19-10-8-18(9-11-19)7-6-14-5-4-13(2)15(17)12-14;2*1-2/h3-9,16,19-20H,10H2,1-2H3,(H,18,21);3-5,12H,1,6-11H2,2H3;1-2H3;1H3. The number of hydrogen-bond donors (Lipinski definition) is 3. The van der Waals surface area contributed by atoms with Crippen LogP contribution in [0.15, 0.2) is 73.3 Å². The third-order valence-corrected chi connectivity index (χ3v) is 7.22. The third-order valence-electron chi connectivity index (χ3n) is 7.22. The molecule has 3 N–H and O–H groups in total. The first-order valence-electron chi connectivity index (χ1n) is 15.5. The predicted octanol–water partition coefficient (Wildman–Crippen LogP) is 5.41. The molecule has 0 aliphatic carbocycles. The number of aryl methyl sites for hydroxylation is 2. The quantitative estimate of drug-likeness (QED) is 0.215. The monoisotopic (exact) mass is 633 g/mol. The van der Waals surface area contributed by atoms with Gasteiger partial charge in [0.05, 0.1) is 21.1 Å². The number of nitrogens with zero attached hydrogens (tertiary/aromatic N) is 2. The highest BCUT2D eigenvalue weighted by molar-refractivity contribution is 6.05. The number of carbonyl (C=O) groups excluding carboxylic acids is 2. The SMILES string of the molecule is C=CC(=O)N1CCN(CCc2ccc(C)c(F)c2)CC1.CC.COc1ccc(C(O)CNC(=O)c2ccc(O)cc2C)cc1.[B]C. The van der Waals surface area contributed by atoms with E-state index >= 15 is 0 Å². The van der Waals surface area contributed by atoms with E-state index in [2.05, 4.69) is 24.6 Å². The molecule has 1 aliphatic rings. The molecule has 248 valence electrons. The molecule has 2 amide bonds. The van der Waals surface area contributed by atoms with E-state index in [4.69, 9.17) is 4.74 Å². The second-order valence-corrected chi connectivity index (χ2v) is 10.2. The Labute approximate surface area is 275 Å². The lowest BCUT2D eigenvalue weighted by atomic mass is 10.1. The Morgan fingerprint density at radius 1 is 1.00 bits per heavy atom. The molecule has 46 heavy (non-hydrogen) atoms. The molecule has 3 aromatic carbocycles. The van der Waals surface area contributed by atoms with E-state index in [0.717, 1.165) is 44.7 Å².